The van der Waals surface area contributed by atoms with Gasteiger partial charge in [-0.1, -0.05) is 29.8 Å². The van der Waals surface area contributed by atoms with Gasteiger partial charge >= 0.3 is 0 Å². The number of halogens is 1. The lowest BCUT2D eigenvalue weighted by atomic mass is 10.0. The molecule has 0 aliphatic heterocycles. The maximum Gasteiger partial charge on any atom is 0.262 e. The lowest BCUT2D eigenvalue weighted by Crippen LogP contribution is -2.20. The van der Waals surface area contributed by atoms with Gasteiger partial charge in [0.1, 0.15) is 5.75 Å². The largest absolute Gasteiger partial charge is 0.483 e. The third-order valence-electron chi connectivity index (χ3n) is 3.42. The van der Waals surface area contributed by atoms with Crippen LogP contribution in [0.4, 0.5) is 5.69 Å². The number of primary sulfonamides is 1. The van der Waals surface area contributed by atoms with E-state index in [0.717, 1.165) is 10.0 Å². The van der Waals surface area contributed by atoms with Crippen molar-refractivity contribution in [1.82, 2.24) is 0 Å². The third kappa shape index (κ3) is 5.55. The summed E-state index contributed by atoms with van der Waals surface area (Å²) in [7, 11) is -3.75. The molecule has 0 heterocycles. The second-order valence-electron chi connectivity index (χ2n) is 5.74. The van der Waals surface area contributed by atoms with Crippen molar-refractivity contribution in [2.45, 2.75) is 24.7 Å². The highest BCUT2D eigenvalue weighted by molar-refractivity contribution is 9.10. The molecule has 2 aromatic carbocycles. The van der Waals surface area contributed by atoms with E-state index >= 15 is 0 Å². The molecule has 0 atom stereocenters. The number of sulfonamides is 1. The van der Waals surface area contributed by atoms with Gasteiger partial charge in [-0.25, -0.2) is 13.6 Å². The smallest absolute Gasteiger partial charge is 0.262 e. The first kappa shape index (κ1) is 19.4. The van der Waals surface area contributed by atoms with Crippen LogP contribution in [-0.2, 0) is 14.8 Å². The summed E-state index contributed by atoms with van der Waals surface area (Å²) in [4.78, 5) is 12.0. The van der Waals surface area contributed by atoms with Gasteiger partial charge < -0.3 is 10.1 Å². The Morgan fingerprint density at radius 2 is 1.84 bits per heavy atom. The van der Waals surface area contributed by atoms with E-state index in [1.165, 1.54) is 24.3 Å². The van der Waals surface area contributed by atoms with E-state index in [2.05, 4.69) is 21.2 Å². The molecule has 0 radical (unpaired) electrons. The summed E-state index contributed by atoms with van der Waals surface area (Å²) in [6.45, 7) is 3.93. The number of benzene rings is 2. The van der Waals surface area contributed by atoms with Gasteiger partial charge in [0, 0.05) is 10.2 Å². The first-order chi connectivity index (χ1) is 11.7. The quantitative estimate of drug-likeness (QED) is 0.740. The summed E-state index contributed by atoms with van der Waals surface area (Å²) in [5.74, 6) is 0.556. The molecule has 0 bridgehead atoms. The Labute approximate surface area is 155 Å². The van der Waals surface area contributed by atoms with Gasteiger partial charge in [0.05, 0.1) is 4.90 Å². The summed E-state index contributed by atoms with van der Waals surface area (Å²) in [5, 5.41) is 7.67. The molecule has 6 nitrogen and oxygen atoms in total. The molecular weight excluding hydrogens is 408 g/mol. The Hall–Kier alpha value is -1.90. The van der Waals surface area contributed by atoms with Crippen LogP contribution in [0, 0.1) is 0 Å². The Bertz CT molecular complexity index is 865. The third-order valence-corrected chi connectivity index (χ3v) is 4.84. The van der Waals surface area contributed by atoms with E-state index in [1.807, 2.05) is 32.0 Å². The maximum atomic E-state index is 12.0. The van der Waals surface area contributed by atoms with Crippen LogP contribution in [0.25, 0.3) is 0 Å². The van der Waals surface area contributed by atoms with Crippen molar-refractivity contribution < 1.29 is 17.9 Å². The number of nitrogens with two attached hydrogens (primary N) is 1. The van der Waals surface area contributed by atoms with Crippen LogP contribution in [0.3, 0.4) is 0 Å². The average molecular weight is 427 g/mol. The van der Waals surface area contributed by atoms with Crippen LogP contribution < -0.4 is 15.2 Å². The Morgan fingerprint density at radius 1 is 1.20 bits per heavy atom. The molecule has 0 spiro atoms. The van der Waals surface area contributed by atoms with Crippen molar-refractivity contribution in [3.63, 3.8) is 0 Å². The van der Waals surface area contributed by atoms with Gasteiger partial charge in [0.25, 0.3) is 5.91 Å². The molecule has 134 valence electrons. The normalized spacial score (nSPS) is 11.4. The van der Waals surface area contributed by atoms with Crippen LogP contribution in [0.15, 0.2) is 51.8 Å². The van der Waals surface area contributed by atoms with Gasteiger partial charge in [-0.05, 0) is 53.9 Å². The standard InChI is InChI=1S/C17H19BrN2O4S/c1-11(2)15-9-12(18)3-8-16(15)24-10-17(21)20-13-4-6-14(7-5-13)25(19,22)23/h3-9,11H,10H2,1-2H3,(H,20,21)(H2,19,22,23). The van der Waals surface area contributed by atoms with E-state index in [1.54, 1.807) is 0 Å². The number of carbonyl (C=O) groups is 1. The minimum atomic E-state index is -3.75. The molecule has 0 saturated carbocycles. The highest BCUT2D eigenvalue weighted by Crippen LogP contribution is 2.29. The number of nitrogens with one attached hydrogen (secondary N) is 1. The molecule has 0 unspecified atom stereocenters. The predicted octanol–water partition coefficient (Wildman–Crippen LogP) is 3.24. The Balaban J connectivity index is 2.00. The average Bonchev–Trinajstić information content (AvgIpc) is 2.53. The fourth-order valence-electron chi connectivity index (χ4n) is 2.17. The first-order valence-corrected chi connectivity index (χ1v) is 9.85. The van der Waals surface area contributed by atoms with Crippen molar-refractivity contribution in [2.75, 3.05) is 11.9 Å². The number of amides is 1. The summed E-state index contributed by atoms with van der Waals surface area (Å²) in [5.41, 5.74) is 1.46. The van der Waals surface area contributed by atoms with Crippen molar-refractivity contribution in [2.24, 2.45) is 5.14 Å². The molecular formula is C17H19BrN2O4S. The number of carbonyl (C=O) groups excluding carboxylic acids is 1. The monoisotopic (exact) mass is 426 g/mol. The lowest BCUT2D eigenvalue weighted by Gasteiger charge is -2.14. The molecule has 0 saturated heterocycles. The van der Waals surface area contributed by atoms with E-state index in [9.17, 15) is 13.2 Å². The molecule has 2 rings (SSSR count). The number of ether oxygens (including phenoxy) is 1. The number of hydrogen-bond donors (Lipinski definition) is 2. The number of rotatable bonds is 6. The molecule has 1 amide bonds. The van der Waals surface area contributed by atoms with E-state index in [0.29, 0.717) is 11.4 Å². The van der Waals surface area contributed by atoms with Crippen molar-refractivity contribution in [1.29, 1.82) is 0 Å². The zero-order valence-electron chi connectivity index (χ0n) is 13.8. The minimum Gasteiger partial charge on any atom is -0.483 e. The summed E-state index contributed by atoms with van der Waals surface area (Å²) < 4.78 is 29.0. The maximum absolute atomic E-state index is 12.0. The van der Waals surface area contributed by atoms with E-state index in [-0.39, 0.29) is 23.3 Å². The van der Waals surface area contributed by atoms with Crippen molar-refractivity contribution in [3.8, 4) is 5.75 Å². The fraction of sp³-hybridized carbons (Fsp3) is 0.235. The second kappa shape index (κ2) is 7.99. The van der Waals surface area contributed by atoms with Crippen molar-refractivity contribution >= 4 is 37.5 Å². The first-order valence-electron chi connectivity index (χ1n) is 7.52. The van der Waals surface area contributed by atoms with E-state index < -0.39 is 10.0 Å². The molecule has 0 fully saturated rings. The number of hydrogen-bond acceptors (Lipinski definition) is 4. The van der Waals surface area contributed by atoms with Gasteiger partial charge in [0.15, 0.2) is 6.61 Å². The molecule has 0 aliphatic carbocycles. The molecule has 8 heteroatoms. The zero-order chi connectivity index (χ0) is 18.6. The summed E-state index contributed by atoms with van der Waals surface area (Å²) in [6.07, 6.45) is 0. The van der Waals surface area contributed by atoms with Gasteiger partial charge in [-0.15, -0.1) is 0 Å². The van der Waals surface area contributed by atoms with Gasteiger partial charge in [-0.2, -0.15) is 0 Å². The lowest BCUT2D eigenvalue weighted by molar-refractivity contribution is -0.118. The highest BCUT2D eigenvalue weighted by atomic mass is 79.9. The summed E-state index contributed by atoms with van der Waals surface area (Å²) in [6, 6.07) is 11.2. The van der Waals surface area contributed by atoms with Crippen LogP contribution in [0.1, 0.15) is 25.3 Å². The summed E-state index contributed by atoms with van der Waals surface area (Å²) >= 11 is 3.42. The number of anilines is 1. The molecule has 0 aliphatic rings. The van der Waals surface area contributed by atoms with E-state index in [4.69, 9.17) is 9.88 Å². The zero-order valence-corrected chi connectivity index (χ0v) is 16.2. The highest BCUT2D eigenvalue weighted by Gasteiger charge is 2.11. The minimum absolute atomic E-state index is 0.0156. The van der Waals surface area contributed by atoms with Crippen LogP contribution in [0.2, 0.25) is 0 Å². The predicted molar refractivity (Wildman–Crippen MR) is 100 cm³/mol. The second-order valence-corrected chi connectivity index (χ2v) is 8.22. The Morgan fingerprint density at radius 3 is 2.40 bits per heavy atom. The molecule has 3 N–H and O–H groups in total. The molecule has 0 aromatic heterocycles. The van der Waals surface area contributed by atoms with Crippen LogP contribution in [0.5, 0.6) is 5.75 Å². The SMILES string of the molecule is CC(C)c1cc(Br)ccc1OCC(=O)Nc1ccc(S(N)(=O)=O)cc1. The van der Waals surface area contributed by atoms with Gasteiger partial charge in [-0.3, -0.25) is 4.79 Å². The topological polar surface area (TPSA) is 98.5 Å². The van der Waals surface area contributed by atoms with Crippen LogP contribution >= 0.6 is 15.9 Å². The molecule has 25 heavy (non-hydrogen) atoms. The van der Waals surface area contributed by atoms with Crippen molar-refractivity contribution in [3.05, 3.63) is 52.5 Å². The molecule has 2 aromatic rings. The fourth-order valence-corrected chi connectivity index (χ4v) is 3.06. The Kier molecular flexibility index (Phi) is 6.21. The van der Waals surface area contributed by atoms with Gasteiger partial charge in [0.2, 0.25) is 10.0 Å². The van der Waals surface area contributed by atoms with Crippen LogP contribution in [-0.4, -0.2) is 20.9 Å².